The van der Waals surface area contributed by atoms with Gasteiger partial charge in [-0.1, -0.05) is 0 Å². The summed E-state index contributed by atoms with van der Waals surface area (Å²) in [6.45, 7) is 1.71. The van der Waals surface area contributed by atoms with Gasteiger partial charge in [-0.2, -0.15) is 5.10 Å². The molecule has 2 heterocycles. The van der Waals surface area contributed by atoms with Crippen molar-refractivity contribution < 1.29 is 13.2 Å². The molecule has 0 aliphatic rings. The van der Waals surface area contributed by atoms with E-state index in [1.54, 1.807) is 62.8 Å². The molecule has 27 heavy (non-hydrogen) atoms. The Morgan fingerprint density at radius 2 is 1.85 bits per heavy atom. The third kappa shape index (κ3) is 4.03. The van der Waals surface area contributed by atoms with Crippen LogP contribution < -0.4 is 14.4 Å². The van der Waals surface area contributed by atoms with Gasteiger partial charge >= 0.3 is 0 Å². The van der Waals surface area contributed by atoms with Gasteiger partial charge in [-0.15, -0.1) is 0 Å². The Kier molecular flexibility index (Phi) is 5.04. The summed E-state index contributed by atoms with van der Waals surface area (Å²) in [5, 5.41) is 4.26. The first-order valence-corrected chi connectivity index (χ1v) is 9.68. The zero-order valence-electron chi connectivity index (χ0n) is 15.5. The van der Waals surface area contributed by atoms with Gasteiger partial charge in [-0.3, -0.25) is 9.71 Å². The van der Waals surface area contributed by atoms with E-state index >= 15 is 0 Å². The summed E-state index contributed by atoms with van der Waals surface area (Å²) in [7, 11) is 1.67. The van der Waals surface area contributed by atoms with Crippen LogP contribution in [0.15, 0.2) is 53.7 Å². The van der Waals surface area contributed by atoms with Crippen LogP contribution in [-0.4, -0.2) is 37.3 Å². The summed E-state index contributed by atoms with van der Waals surface area (Å²) in [4.78, 5) is 6.05. The van der Waals surface area contributed by atoms with Gasteiger partial charge in [0.2, 0.25) is 5.88 Å². The summed E-state index contributed by atoms with van der Waals surface area (Å²) in [5.41, 5.74) is 1.70. The van der Waals surface area contributed by atoms with Crippen molar-refractivity contribution in [2.75, 3.05) is 23.7 Å². The second kappa shape index (κ2) is 7.28. The van der Waals surface area contributed by atoms with Crippen LogP contribution in [0, 0.1) is 6.92 Å². The number of sulfonamides is 1. The van der Waals surface area contributed by atoms with Crippen LogP contribution >= 0.6 is 0 Å². The summed E-state index contributed by atoms with van der Waals surface area (Å²) < 4.78 is 35.5. The third-order valence-electron chi connectivity index (χ3n) is 3.92. The Hall–Kier alpha value is -3.07. The average molecular weight is 387 g/mol. The highest BCUT2D eigenvalue weighted by molar-refractivity contribution is 7.92. The number of hydrogen-bond acceptors (Lipinski definition) is 6. The van der Waals surface area contributed by atoms with Crippen molar-refractivity contribution in [1.29, 1.82) is 0 Å². The quantitative estimate of drug-likeness (QED) is 0.700. The molecule has 0 fully saturated rings. The number of nitrogens with zero attached hydrogens (tertiary/aromatic N) is 4. The predicted molar refractivity (Wildman–Crippen MR) is 104 cm³/mol. The number of aromatic nitrogens is 3. The molecule has 0 saturated carbocycles. The predicted octanol–water partition coefficient (Wildman–Crippen LogP) is 2.78. The van der Waals surface area contributed by atoms with Crippen molar-refractivity contribution in [2.24, 2.45) is 7.05 Å². The lowest BCUT2D eigenvalue weighted by Crippen LogP contribution is -2.14. The molecule has 9 heteroatoms. The maximum atomic E-state index is 12.8. The summed E-state index contributed by atoms with van der Waals surface area (Å²) in [6, 6.07) is 10.1. The fourth-order valence-corrected chi connectivity index (χ4v) is 3.62. The van der Waals surface area contributed by atoms with Gasteiger partial charge < -0.3 is 9.64 Å². The maximum absolute atomic E-state index is 12.8. The molecule has 0 atom stereocenters. The van der Waals surface area contributed by atoms with Gasteiger partial charge in [0, 0.05) is 33.0 Å². The van der Waals surface area contributed by atoms with E-state index in [1.807, 2.05) is 19.0 Å². The summed E-state index contributed by atoms with van der Waals surface area (Å²) in [5.74, 6) is 0.769. The van der Waals surface area contributed by atoms with E-state index in [0.29, 0.717) is 11.4 Å². The van der Waals surface area contributed by atoms with Gasteiger partial charge in [-0.05, 0) is 43.3 Å². The minimum absolute atomic E-state index is 0.156. The lowest BCUT2D eigenvalue weighted by molar-refractivity contribution is 0.430. The van der Waals surface area contributed by atoms with Gasteiger partial charge in [0.25, 0.3) is 10.0 Å². The lowest BCUT2D eigenvalue weighted by atomic mass is 10.3. The summed E-state index contributed by atoms with van der Waals surface area (Å²) >= 11 is 0. The molecular weight excluding hydrogens is 366 g/mol. The Morgan fingerprint density at radius 1 is 1.15 bits per heavy atom. The molecule has 1 N–H and O–H groups in total. The normalized spacial score (nSPS) is 11.3. The summed E-state index contributed by atoms with van der Waals surface area (Å²) in [6.07, 6.45) is 3.17. The van der Waals surface area contributed by atoms with Crippen molar-refractivity contribution >= 4 is 21.4 Å². The molecule has 0 amide bonds. The van der Waals surface area contributed by atoms with Crippen molar-refractivity contribution in [3.63, 3.8) is 0 Å². The van der Waals surface area contributed by atoms with Crippen LogP contribution in [0.2, 0.25) is 0 Å². The molecule has 0 unspecified atom stereocenters. The molecule has 142 valence electrons. The van der Waals surface area contributed by atoms with Crippen LogP contribution in [0.4, 0.5) is 11.4 Å². The number of aryl methyl sites for hydroxylation is 2. The second-order valence-corrected chi connectivity index (χ2v) is 7.86. The molecule has 0 aliphatic carbocycles. The Bertz CT molecular complexity index is 1030. The molecule has 2 aromatic heterocycles. The topological polar surface area (TPSA) is 89.3 Å². The SMILES string of the molecule is Cc1nn(C)c(Oc2cccnc2)c1NS(=O)(=O)c1ccc(N(C)C)cc1. The van der Waals surface area contributed by atoms with Gasteiger partial charge in [-0.25, -0.2) is 13.1 Å². The number of benzene rings is 1. The van der Waals surface area contributed by atoms with E-state index < -0.39 is 10.0 Å². The molecule has 0 bridgehead atoms. The second-order valence-electron chi connectivity index (χ2n) is 6.17. The van der Waals surface area contributed by atoms with E-state index in [4.69, 9.17) is 4.74 Å². The van der Waals surface area contributed by atoms with Crippen LogP contribution in [0.3, 0.4) is 0 Å². The highest BCUT2D eigenvalue weighted by Gasteiger charge is 2.22. The number of anilines is 2. The molecular formula is C18H21N5O3S. The molecule has 1 aromatic carbocycles. The Balaban J connectivity index is 1.92. The van der Waals surface area contributed by atoms with Crippen LogP contribution in [0.1, 0.15) is 5.69 Å². The molecule has 3 aromatic rings. The minimum atomic E-state index is -3.80. The largest absolute Gasteiger partial charge is 0.436 e. The number of hydrogen-bond donors (Lipinski definition) is 1. The zero-order valence-corrected chi connectivity index (χ0v) is 16.4. The van der Waals surface area contributed by atoms with E-state index in [2.05, 4.69) is 14.8 Å². The zero-order chi connectivity index (χ0) is 19.6. The molecule has 0 saturated heterocycles. The molecule has 3 rings (SSSR count). The maximum Gasteiger partial charge on any atom is 0.262 e. The Morgan fingerprint density at radius 3 is 2.44 bits per heavy atom. The Labute approximate surface area is 158 Å². The fourth-order valence-electron chi connectivity index (χ4n) is 2.51. The highest BCUT2D eigenvalue weighted by atomic mass is 32.2. The molecule has 8 nitrogen and oxygen atoms in total. The first-order chi connectivity index (χ1) is 12.8. The number of pyridine rings is 1. The standard InChI is InChI=1S/C18H21N5O3S/c1-13-17(18(23(4)20-13)26-15-6-5-11-19-12-15)21-27(24,25)16-9-7-14(8-10-16)22(2)3/h5-12,21H,1-4H3. The monoisotopic (exact) mass is 387 g/mol. The van der Waals surface area contributed by atoms with E-state index in [9.17, 15) is 8.42 Å². The fraction of sp³-hybridized carbons (Fsp3) is 0.222. The molecule has 0 radical (unpaired) electrons. The molecule has 0 spiro atoms. The van der Waals surface area contributed by atoms with Crippen LogP contribution in [0.25, 0.3) is 0 Å². The van der Waals surface area contributed by atoms with Crippen LogP contribution in [0.5, 0.6) is 11.6 Å². The van der Waals surface area contributed by atoms with Gasteiger partial charge in [0.15, 0.2) is 0 Å². The molecule has 0 aliphatic heterocycles. The lowest BCUT2D eigenvalue weighted by Gasteiger charge is -2.14. The first kappa shape index (κ1) is 18.7. The van der Waals surface area contributed by atoms with Crippen LogP contribution in [-0.2, 0) is 17.1 Å². The van der Waals surface area contributed by atoms with E-state index in [0.717, 1.165) is 5.69 Å². The highest BCUT2D eigenvalue weighted by Crippen LogP contribution is 2.33. The van der Waals surface area contributed by atoms with E-state index in [1.165, 1.54) is 4.68 Å². The number of rotatable bonds is 6. The van der Waals surface area contributed by atoms with Crippen molar-refractivity contribution in [3.05, 3.63) is 54.5 Å². The smallest absolute Gasteiger partial charge is 0.262 e. The number of nitrogens with one attached hydrogen (secondary N) is 1. The van der Waals surface area contributed by atoms with Crippen molar-refractivity contribution in [1.82, 2.24) is 14.8 Å². The first-order valence-electron chi connectivity index (χ1n) is 8.19. The minimum Gasteiger partial charge on any atom is -0.436 e. The number of ether oxygens (including phenoxy) is 1. The van der Waals surface area contributed by atoms with E-state index in [-0.39, 0.29) is 16.5 Å². The third-order valence-corrected chi connectivity index (χ3v) is 5.28. The average Bonchev–Trinajstić information content (AvgIpc) is 2.89. The van der Waals surface area contributed by atoms with Gasteiger partial charge in [0.05, 0.1) is 16.8 Å². The van der Waals surface area contributed by atoms with Gasteiger partial charge in [0.1, 0.15) is 11.4 Å². The van der Waals surface area contributed by atoms with Crippen molar-refractivity contribution in [2.45, 2.75) is 11.8 Å². The van der Waals surface area contributed by atoms with Crippen molar-refractivity contribution in [3.8, 4) is 11.6 Å².